The minimum atomic E-state index is -0.185. The monoisotopic (exact) mass is 423 g/mol. The van der Waals surface area contributed by atoms with E-state index in [-0.39, 0.29) is 5.97 Å². The Hall–Kier alpha value is -2.59. The number of anilines is 3. The number of carbonyl (C=O) groups excluding carboxylic acids is 1. The molecule has 4 heteroatoms. The van der Waals surface area contributed by atoms with E-state index in [0.717, 1.165) is 27.1 Å². The van der Waals surface area contributed by atoms with E-state index in [1.807, 2.05) is 12.1 Å². The van der Waals surface area contributed by atoms with Crippen LogP contribution in [-0.2, 0) is 16.0 Å². The first-order valence-electron chi connectivity index (χ1n) is 8.85. The first kappa shape index (κ1) is 19.2. The molecule has 0 N–H and O–H groups in total. The van der Waals surface area contributed by atoms with Crippen LogP contribution in [0.25, 0.3) is 0 Å². The maximum atomic E-state index is 11.4. The van der Waals surface area contributed by atoms with Gasteiger partial charge in [0.2, 0.25) is 0 Å². The number of hydrogen-bond acceptors (Lipinski definition) is 3. The summed E-state index contributed by atoms with van der Waals surface area (Å²) < 4.78 is 5.77. The van der Waals surface area contributed by atoms with Crippen molar-refractivity contribution in [3.05, 3.63) is 88.4 Å². The van der Waals surface area contributed by atoms with Crippen molar-refractivity contribution in [3.63, 3.8) is 0 Å². The second-order valence-corrected chi connectivity index (χ2v) is 7.31. The summed E-state index contributed by atoms with van der Waals surface area (Å²) in [5.41, 5.74) is 5.60. The summed E-state index contributed by atoms with van der Waals surface area (Å²) in [6.07, 6.45) is 1.07. The number of esters is 1. The van der Waals surface area contributed by atoms with Crippen LogP contribution in [0.3, 0.4) is 0 Å². The molecule has 0 saturated heterocycles. The highest BCUT2D eigenvalue weighted by atomic mass is 79.9. The summed E-state index contributed by atoms with van der Waals surface area (Å²) in [6, 6.07) is 25.1. The number of halogens is 1. The SMILES string of the molecule is COC(=O)CCc1ccc(N(c2ccc(Br)cc2)c2cccc(C)c2)cc1. The first-order chi connectivity index (χ1) is 13.1. The van der Waals surface area contributed by atoms with E-state index in [4.69, 9.17) is 4.74 Å². The van der Waals surface area contributed by atoms with Gasteiger partial charge >= 0.3 is 5.97 Å². The molecule has 138 valence electrons. The second-order valence-electron chi connectivity index (χ2n) is 6.39. The van der Waals surface area contributed by atoms with Crippen molar-refractivity contribution in [2.24, 2.45) is 0 Å². The molecule has 0 fully saturated rings. The molecule has 0 unspecified atom stereocenters. The van der Waals surface area contributed by atoms with Gasteiger partial charge in [-0.05, 0) is 73.0 Å². The van der Waals surface area contributed by atoms with Crippen molar-refractivity contribution >= 4 is 39.0 Å². The fourth-order valence-corrected chi connectivity index (χ4v) is 3.23. The molecule has 0 aliphatic heterocycles. The highest BCUT2D eigenvalue weighted by Gasteiger charge is 2.12. The molecule has 3 aromatic rings. The molecule has 3 rings (SSSR count). The molecule has 0 radical (unpaired) electrons. The highest BCUT2D eigenvalue weighted by molar-refractivity contribution is 9.10. The summed E-state index contributed by atoms with van der Waals surface area (Å²) in [7, 11) is 1.42. The molecule has 27 heavy (non-hydrogen) atoms. The predicted molar refractivity (Wildman–Crippen MR) is 114 cm³/mol. The molecule has 3 aromatic carbocycles. The van der Waals surface area contributed by atoms with Gasteiger partial charge in [-0.3, -0.25) is 4.79 Å². The lowest BCUT2D eigenvalue weighted by Crippen LogP contribution is -2.10. The molecule has 0 aliphatic rings. The third kappa shape index (κ3) is 4.98. The number of hydrogen-bond donors (Lipinski definition) is 0. The van der Waals surface area contributed by atoms with Crippen molar-refractivity contribution in [3.8, 4) is 0 Å². The van der Waals surface area contributed by atoms with Gasteiger partial charge in [0.15, 0.2) is 0 Å². The summed E-state index contributed by atoms with van der Waals surface area (Å²) in [5.74, 6) is -0.185. The lowest BCUT2D eigenvalue weighted by atomic mass is 10.1. The molecular formula is C23H22BrNO2. The van der Waals surface area contributed by atoms with Crippen LogP contribution in [0.1, 0.15) is 17.5 Å². The van der Waals surface area contributed by atoms with Crippen molar-refractivity contribution in [1.29, 1.82) is 0 Å². The van der Waals surface area contributed by atoms with Crippen LogP contribution in [0.2, 0.25) is 0 Å². The molecule has 0 aliphatic carbocycles. The third-order valence-corrected chi connectivity index (χ3v) is 4.91. The van der Waals surface area contributed by atoms with Gasteiger partial charge in [0, 0.05) is 28.0 Å². The third-order valence-electron chi connectivity index (χ3n) is 4.38. The largest absolute Gasteiger partial charge is 0.469 e. The average Bonchev–Trinajstić information content (AvgIpc) is 2.69. The van der Waals surface area contributed by atoms with Crippen LogP contribution < -0.4 is 4.90 Å². The second kappa shape index (κ2) is 8.87. The zero-order chi connectivity index (χ0) is 19.2. The Labute approximate surface area is 168 Å². The Balaban J connectivity index is 1.93. The Morgan fingerprint density at radius 2 is 1.56 bits per heavy atom. The molecule has 0 heterocycles. The standard InChI is InChI=1S/C23H22BrNO2/c1-17-4-3-5-22(16-17)25(21-13-9-19(24)10-14-21)20-11-6-18(7-12-20)8-15-23(26)27-2/h3-7,9-14,16H,8,15H2,1-2H3. The number of benzene rings is 3. The number of methoxy groups -OCH3 is 1. The minimum Gasteiger partial charge on any atom is -0.469 e. The molecule has 0 spiro atoms. The zero-order valence-electron chi connectivity index (χ0n) is 15.5. The Bertz CT molecular complexity index is 904. The van der Waals surface area contributed by atoms with E-state index in [2.05, 4.69) is 88.4 Å². The van der Waals surface area contributed by atoms with E-state index in [0.29, 0.717) is 12.8 Å². The molecule has 0 atom stereocenters. The number of ether oxygens (including phenoxy) is 1. The van der Waals surface area contributed by atoms with Gasteiger partial charge in [0.1, 0.15) is 0 Å². The van der Waals surface area contributed by atoms with Crippen molar-refractivity contribution in [2.75, 3.05) is 12.0 Å². The summed E-state index contributed by atoms with van der Waals surface area (Å²) in [4.78, 5) is 13.6. The van der Waals surface area contributed by atoms with Crippen molar-refractivity contribution in [2.45, 2.75) is 19.8 Å². The van der Waals surface area contributed by atoms with Crippen LogP contribution >= 0.6 is 15.9 Å². The van der Waals surface area contributed by atoms with Gasteiger partial charge in [-0.2, -0.15) is 0 Å². The Morgan fingerprint density at radius 3 is 2.15 bits per heavy atom. The lowest BCUT2D eigenvalue weighted by molar-refractivity contribution is -0.140. The van der Waals surface area contributed by atoms with E-state index >= 15 is 0 Å². The first-order valence-corrected chi connectivity index (χ1v) is 9.64. The molecular weight excluding hydrogens is 402 g/mol. The van der Waals surface area contributed by atoms with Crippen LogP contribution in [-0.4, -0.2) is 13.1 Å². The predicted octanol–water partition coefficient (Wildman–Crippen LogP) is 6.33. The van der Waals surface area contributed by atoms with Gasteiger partial charge in [0.05, 0.1) is 7.11 Å². The minimum absolute atomic E-state index is 0.185. The topological polar surface area (TPSA) is 29.5 Å². The van der Waals surface area contributed by atoms with Gasteiger partial charge in [-0.1, -0.05) is 40.2 Å². The number of carbonyl (C=O) groups is 1. The van der Waals surface area contributed by atoms with Gasteiger partial charge in [-0.25, -0.2) is 0 Å². The molecule has 0 aromatic heterocycles. The van der Waals surface area contributed by atoms with Crippen molar-refractivity contribution in [1.82, 2.24) is 0 Å². The maximum Gasteiger partial charge on any atom is 0.305 e. The van der Waals surface area contributed by atoms with E-state index < -0.39 is 0 Å². The van der Waals surface area contributed by atoms with Gasteiger partial charge in [0.25, 0.3) is 0 Å². The fraction of sp³-hybridized carbons (Fsp3) is 0.174. The molecule has 0 bridgehead atoms. The van der Waals surface area contributed by atoms with E-state index in [9.17, 15) is 4.79 Å². The van der Waals surface area contributed by atoms with Crippen molar-refractivity contribution < 1.29 is 9.53 Å². The van der Waals surface area contributed by atoms with Crippen LogP contribution in [0.15, 0.2) is 77.3 Å². The molecule has 0 saturated carbocycles. The summed E-state index contributed by atoms with van der Waals surface area (Å²) in [6.45, 7) is 2.10. The fourth-order valence-electron chi connectivity index (χ4n) is 2.96. The number of nitrogens with zero attached hydrogens (tertiary/aromatic N) is 1. The highest BCUT2D eigenvalue weighted by Crippen LogP contribution is 2.35. The lowest BCUT2D eigenvalue weighted by Gasteiger charge is -2.26. The smallest absolute Gasteiger partial charge is 0.305 e. The Morgan fingerprint density at radius 1 is 0.926 bits per heavy atom. The quantitative estimate of drug-likeness (QED) is 0.433. The van der Waals surface area contributed by atoms with Crippen LogP contribution in [0, 0.1) is 6.92 Å². The van der Waals surface area contributed by atoms with Gasteiger partial charge in [-0.15, -0.1) is 0 Å². The molecule has 3 nitrogen and oxygen atoms in total. The van der Waals surface area contributed by atoms with Gasteiger partial charge < -0.3 is 9.64 Å². The van der Waals surface area contributed by atoms with Crippen LogP contribution in [0.4, 0.5) is 17.1 Å². The zero-order valence-corrected chi connectivity index (χ0v) is 17.1. The average molecular weight is 424 g/mol. The summed E-state index contributed by atoms with van der Waals surface area (Å²) >= 11 is 3.51. The van der Waals surface area contributed by atoms with E-state index in [1.165, 1.54) is 12.7 Å². The maximum absolute atomic E-state index is 11.4. The Kier molecular flexibility index (Phi) is 6.30. The number of rotatable bonds is 6. The molecule has 0 amide bonds. The summed E-state index contributed by atoms with van der Waals surface area (Å²) in [5, 5.41) is 0. The van der Waals surface area contributed by atoms with Crippen LogP contribution in [0.5, 0.6) is 0 Å². The van der Waals surface area contributed by atoms with E-state index in [1.54, 1.807) is 0 Å². The number of aryl methyl sites for hydroxylation is 2. The normalized spacial score (nSPS) is 10.5.